The first-order valence-corrected chi connectivity index (χ1v) is 18.7. The lowest BCUT2D eigenvalue weighted by atomic mass is 9.79. The van der Waals surface area contributed by atoms with Crippen LogP contribution in [0, 0.1) is 0 Å². The molecule has 0 saturated carbocycles. The molecule has 5 heteroatoms. The molecule has 0 amide bonds. The minimum Gasteiger partial charge on any atom is -0.399 e. The van der Waals surface area contributed by atoms with Gasteiger partial charge in [0.15, 0.2) is 0 Å². The molecule has 7 aromatic rings. The van der Waals surface area contributed by atoms with Crippen molar-refractivity contribution in [2.75, 3.05) is 4.90 Å². The maximum atomic E-state index is 6.37. The van der Waals surface area contributed by atoms with Gasteiger partial charge in [-0.2, -0.15) is 0 Å². The van der Waals surface area contributed by atoms with E-state index in [1.54, 1.807) is 0 Å². The molecular weight excluding hydrogens is 647 g/mol. The number of hydrogen-bond donors (Lipinski definition) is 0. The summed E-state index contributed by atoms with van der Waals surface area (Å²) < 4.78 is 15.1. The third kappa shape index (κ3) is 6.00. The fourth-order valence-electron chi connectivity index (χ4n) is 7.75. The van der Waals surface area contributed by atoms with Crippen LogP contribution in [-0.2, 0) is 9.31 Å². The van der Waals surface area contributed by atoms with Gasteiger partial charge in [0.05, 0.1) is 22.2 Å². The first kappa shape index (κ1) is 33.2. The molecule has 2 heterocycles. The van der Waals surface area contributed by atoms with E-state index in [0.29, 0.717) is 0 Å². The van der Waals surface area contributed by atoms with Crippen molar-refractivity contribution in [3.05, 3.63) is 175 Å². The van der Waals surface area contributed by atoms with Crippen LogP contribution in [0.2, 0.25) is 0 Å². The Balaban J connectivity index is 1.03. The van der Waals surface area contributed by atoms with Crippen LogP contribution < -0.4 is 10.4 Å². The van der Waals surface area contributed by atoms with Gasteiger partial charge in [0.25, 0.3) is 0 Å². The lowest BCUT2D eigenvalue weighted by Crippen LogP contribution is -2.41. The van der Waals surface area contributed by atoms with Crippen molar-refractivity contribution in [1.82, 2.24) is 4.57 Å². The molecule has 0 spiro atoms. The molecule has 53 heavy (non-hydrogen) atoms. The Morgan fingerprint density at radius 2 is 1.02 bits per heavy atom. The van der Waals surface area contributed by atoms with Gasteiger partial charge in [-0.05, 0) is 123 Å². The third-order valence-corrected chi connectivity index (χ3v) is 11.4. The summed E-state index contributed by atoms with van der Waals surface area (Å²) in [6.07, 6.45) is 6.49. The molecule has 0 atom stereocenters. The van der Waals surface area contributed by atoms with E-state index in [9.17, 15) is 0 Å². The van der Waals surface area contributed by atoms with Crippen LogP contribution in [0.3, 0.4) is 0 Å². The van der Waals surface area contributed by atoms with Crippen LogP contribution in [0.4, 0.5) is 11.4 Å². The van der Waals surface area contributed by atoms with Gasteiger partial charge in [-0.15, -0.1) is 0 Å². The van der Waals surface area contributed by atoms with Gasteiger partial charge < -0.3 is 18.8 Å². The van der Waals surface area contributed by atoms with E-state index < -0.39 is 7.12 Å². The van der Waals surface area contributed by atoms with E-state index in [-0.39, 0.29) is 11.2 Å². The van der Waals surface area contributed by atoms with Gasteiger partial charge in [-0.25, -0.2) is 0 Å². The van der Waals surface area contributed by atoms with E-state index in [1.807, 2.05) is 0 Å². The number of allylic oxidation sites excluding steroid dienone is 4. The van der Waals surface area contributed by atoms with Crippen LogP contribution in [0.15, 0.2) is 170 Å². The summed E-state index contributed by atoms with van der Waals surface area (Å²) in [6.45, 7) is 8.39. The quantitative estimate of drug-likeness (QED) is 0.156. The van der Waals surface area contributed by atoms with Crippen LogP contribution in [0.5, 0.6) is 0 Å². The molecular formula is C48H43BN2O2. The molecule has 9 rings (SSSR count). The Bertz CT molecular complexity index is 2420. The number of anilines is 2. The Labute approximate surface area is 312 Å². The van der Waals surface area contributed by atoms with Gasteiger partial charge >= 0.3 is 7.12 Å². The van der Waals surface area contributed by atoms with E-state index in [0.717, 1.165) is 35.4 Å². The number of aromatic nitrogens is 1. The Hall–Kier alpha value is -5.62. The highest BCUT2D eigenvalue weighted by Crippen LogP contribution is 2.39. The molecule has 0 unspecified atom stereocenters. The van der Waals surface area contributed by atoms with Gasteiger partial charge in [-0.1, -0.05) is 109 Å². The smallest absolute Gasteiger partial charge is 0.399 e. The summed E-state index contributed by atoms with van der Waals surface area (Å²) in [5.74, 6) is 0. The summed E-state index contributed by atoms with van der Waals surface area (Å²) in [6, 6.07) is 54.6. The second-order valence-electron chi connectivity index (χ2n) is 15.2. The lowest BCUT2D eigenvalue weighted by Gasteiger charge is -2.32. The molecule has 1 aliphatic heterocycles. The molecule has 6 aromatic carbocycles. The third-order valence-electron chi connectivity index (χ3n) is 11.4. The predicted molar refractivity (Wildman–Crippen MR) is 222 cm³/mol. The molecule has 2 aliphatic rings. The molecule has 1 aliphatic carbocycles. The summed E-state index contributed by atoms with van der Waals surface area (Å²) in [7, 11) is -0.395. The number of para-hydroxylation sites is 2. The minimum atomic E-state index is -0.395. The molecule has 1 aromatic heterocycles. The van der Waals surface area contributed by atoms with Gasteiger partial charge in [0.1, 0.15) is 0 Å². The monoisotopic (exact) mass is 690 g/mol. The van der Waals surface area contributed by atoms with Gasteiger partial charge in [-0.3, -0.25) is 0 Å². The summed E-state index contributed by atoms with van der Waals surface area (Å²) >= 11 is 0. The number of nitrogens with zero attached hydrogens (tertiary/aromatic N) is 2. The maximum absolute atomic E-state index is 6.37. The van der Waals surface area contributed by atoms with Crippen molar-refractivity contribution in [2.24, 2.45) is 0 Å². The second kappa shape index (κ2) is 13.1. The van der Waals surface area contributed by atoms with Crippen LogP contribution in [0.1, 0.15) is 46.1 Å². The van der Waals surface area contributed by atoms with E-state index in [4.69, 9.17) is 9.31 Å². The Morgan fingerprint density at radius 1 is 0.509 bits per heavy atom. The average Bonchev–Trinajstić information content (AvgIpc) is 3.65. The lowest BCUT2D eigenvalue weighted by molar-refractivity contribution is 0.00578. The van der Waals surface area contributed by atoms with Crippen molar-refractivity contribution in [1.29, 1.82) is 0 Å². The van der Waals surface area contributed by atoms with Gasteiger partial charge in [0, 0.05) is 33.5 Å². The van der Waals surface area contributed by atoms with Crippen molar-refractivity contribution in [2.45, 2.75) is 51.7 Å². The number of benzene rings is 6. The van der Waals surface area contributed by atoms with E-state index >= 15 is 0 Å². The molecule has 4 nitrogen and oxygen atoms in total. The molecule has 0 N–H and O–H groups in total. The Morgan fingerprint density at radius 3 is 1.57 bits per heavy atom. The first-order valence-electron chi connectivity index (χ1n) is 18.7. The average molecular weight is 691 g/mol. The summed E-state index contributed by atoms with van der Waals surface area (Å²) in [4.78, 5) is 2.39. The fraction of sp³-hybridized carbons (Fsp3) is 0.167. The zero-order valence-corrected chi connectivity index (χ0v) is 30.8. The highest BCUT2D eigenvalue weighted by Gasteiger charge is 2.51. The highest BCUT2D eigenvalue weighted by molar-refractivity contribution is 6.62. The number of fused-ring (bicyclic) bond motifs is 3. The predicted octanol–water partition coefficient (Wildman–Crippen LogP) is 11.6. The first-order chi connectivity index (χ1) is 25.8. The SMILES string of the molecule is CC1(C)OB(c2ccc(N(C3=CC=C(c4ccccc4)CC3)c3ccc(-c4ccc(-n5c6ccccc6c6ccccc65)cc4)cc3)cc2)OC1(C)C. The minimum absolute atomic E-state index is 0.384. The zero-order valence-electron chi connectivity index (χ0n) is 30.8. The fourth-order valence-corrected chi connectivity index (χ4v) is 7.75. The second-order valence-corrected chi connectivity index (χ2v) is 15.2. The van der Waals surface area contributed by atoms with Crippen molar-refractivity contribution in [3.63, 3.8) is 0 Å². The van der Waals surface area contributed by atoms with Crippen molar-refractivity contribution in [3.8, 4) is 16.8 Å². The summed E-state index contributed by atoms with van der Waals surface area (Å²) in [5.41, 5.74) is 12.4. The van der Waals surface area contributed by atoms with E-state index in [2.05, 4.69) is 201 Å². The molecule has 260 valence electrons. The molecule has 1 fully saturated rings. The number of rotatable bonds is 7. The molecule has 1 saturated heterocycles. The normalized spacial score (nSPS) is 16.5. The van der Waals surface area contributed by atoms with Crippen molar-refractivity contribution < 1.29 is 9.31 Å². The molecule has 0 radical (unpaired) electrons. The topological polar surface area (TPSA) is 26.6 Å². The highest BCUT2D eigenvalue weighted by atomic mass is 16.7. The largest absolute Gasteiger partial charge is 0.494 e. The van der Waals surface area contributed by atoms with Crippen molar-refractivity contribution >= 4 is 51.3 Å². The maximum Gasteiger partial charge on any atom is 0.494 e. The summed E-state index contributed by atoms with van der Waals surface area (Å²) in [5, 5.41) is 2.55. The van der Waals surface area contributed by atoms with Crippen LogP contribution in [-0.4, -0.2) is 22.9 Å². The Kier molecular flexibility index (Phi) is 8.22. The van der Waals surface area contributed by atoms with Crippen LogP contribution in [0.25, 0.3) is 44.2 Å². The zero-order chi connectivity index (χ0) is 36.2. The van der Waals surface area contributed by atoms with E-state index in [1.165, 1.54) is 49.8 Å². The number of hydrogen-bond acceptors (Lipinski definition) is 3. The van der Waals surface area contributed by atoms with Crippen LogP contribution >= 0.6 is 0 Å². The standard InChI is InChI=1S/C48H43BN2O2/c1-47(2)48(3,4)53-49(52-47)38-24-32-41(33-25-38)50(39-26-18-35(19-27-39)34-12-6-5-7-13-34)40-28-20-36(21-29-40)37-22-30-42(31-23-37)51-45-16-10-8-14-43(45)44-15-9-11-17-46(44)51/h5-18,20-26,28-33H,19,27H2,1-4H3. The molecule has 0 bridgehead atoms. The van der Waals surface area contributed by atoms with Gasteiger partial charge in [0.2, 0.25) is 0 Å².